The van der Waals surface area contributed by atoms with Gasteiger partial charge in [0.15, 0.2) is 0 Å². The fourth-order valence-electron chi connectivity index (χ4n) is 5.13. The van der Waals surface area contributed by atoms with Crippen LogP contribution >= 0.6 is 0 Å². The lowest BCUT2D eigenvalue weighted by molar-refractivity contribution is -0.385. The molecule has 12 heteroatoms. The largest absolute Gasteiger partial charge is 0.493 e. The number of hydrogen-bond acceptors (Lipinski definition) is 11. The average molecular weight is 612 g/mol. The summed E-state index contributed by atoms with van der Waals surface area (Å²) >= 11 is 0. The van der Waals surface area contributed by atoms with E-state index in [0.29, 0.717) is 42.3 Å². The highest BCUT2D eigenvalue weighted by atomic mass is 16.6. The number of non-ortho nitro benzene ring substituents is 1. The van der Waals surface area contributed by atoms with Crippen molar-refractivity contribution in [3.05, 3.63) is 75.5 Å². The van der Waals surface area contributed by atoms with Crippen molar-refractivity contribution in [2.45, 2.75) is 51.6 Å². The molecule has 12 nitrogen and oxygen atoms in total. The van der Waals surface area contributed by atoms with Crippen LogP contribution in [0.3, 0.4) is 0 Å². The standard InChI is InChI=1S/C32H41N3O9/c1-21-28(31(37)41-3)30(29(22(2)34-21)32(38)42-4)26-18-23(35(39)40)14-15-27(26)43-17-11-6-5-10-16-33-19-24(36)20-44-25-12-8-7-9-13-25/h7-9,12-15,18,24,28,30,33,36H,5-6,10-11,16-17,19-20H2,1-4H3. The summed E-state index contributed by atoms with van der Waals surface area (Å²) in [6.45, 7) is 4.99. The van der Waals surface area contributed by atoms with E-state index in [-0.39, 0.29) is 17.9 Å². The minimum absolute atomic E-state index is 0.114. The van der Waals surface area contributed by atoms with Crippen LogP contribution in [-0.4, -0.2) is 74.3 Å². The number of unbranched alkanes of at least 4 members (excludes halogenated alkanes) is 3. The number of nitro benzene ring substituents is 1. The summed E-state index contributed by atoms with van der Waals surface area (Å²) in [4.78, 5) is 41.3. The first-order chi connectivity index (χ1) is 21.2. The second-order valence-corrected chi connectivity index (χ2v) is 10.4. The molecule has 0 amide bonds. The number of aliphatic hydroxyl groups is 1. The van der Waals surface area contributed by atoms with E-state index < -0.39 is 34.8 Å². The number of benzene rings is 2. The second-order valence-electron chi connectivity index (χ2n) is 10.4. The summed E-state index contributed by atoms with van der Waals surface area (Å²) in [7, 11) is 2.46. The number of nitrogens with zero attached hydrogens (tertiary/aromatic N) is 2. The quantitative estimate of drug-likeness (QED) is 0.114. The summed E-state index contributed by atoms with van der Waals surface area (Å²) in [5, 5.41) is 25.0. The van der Waals surface area contributed by atoms with Crippen LogP contribution in [0.4, 0.5) is 5.69 Å². The third kappa shape index (κ3) is 9.35. The fraction of sp³-hybridized carbons (Fsp3) is 0.469. The van der Waals surface area contributed by atoms with Crippen molar-refractivity contribution in [2.24, 2.45) is 10.9 Å². The molecule has 238 valence electrons. The van der Waals surface area contributed by atoms with Crippen LogP contribution < -0.4 is 14.8 Å². The number of carbonyl (C=O) groups is 2. The highest BCUT2D eigenvalue weighted by molar-refractivity contribution is 6.07. The highest BCUT2D eigenvalue weighted by Gasteiger charge is 2.43. The lowest BCUT2D eigenvalue weighted by Crippen LogP contribution is -2.36. The molecule has 2 aromatic rings. The van der Waals surface area contributed by atoms with Gasteiger partial charge in [0.1, 0.15) is 30.1 Å². The van der Waals surface area contributed by atoms with E-state index in [1.165, 1.54) is 32.4 Å². The number of para-hydroxylation sites is 1. The Labute approximate surface area is 257 Å². The maximum atomic E-state index is 12.9. The number of esters is 2. The van der Waals surface area contributed by atoms with Gasteiger partial charge >= 0.3 is 11.9 Å². The van der Waals surface area contributed by atoms with E-state index >= 15 is 0 Å². The van der Waals surface area contributed by atoms with Gasteiger partial charge in [-0.15, -0.1) is 0 Å². The number of nitro groups is 1. The number of aliphatic hydroxyl groups excluding tert-OH is 1. The fourth-order valence-corrected chi connectivity index (χ4v) is 5.13. The molecule has 0 aromatic heterocycles. The van der Waals surface area contributed by atoms with Crippen molar-refractivity contribution in [3.8, 4) is 11.5 Å². The maximum absolute atomic E-state index is 12.9. The molecule has 0 saturated carbocycles. The third-order valence-electron chi connectivity index (χ3n) is 7.30. The molecule has 1 heterocycles. The average Bonchev–Trinajstić information content (AvgIpc) is 3.02. The van der Waals surface area contributed by atoms with Crippen LogP contribution in [0, 0.1) is 16.0 Å². The minimum Gasteiger partial charge on any atom is -0.493 e. The predicted octanol–water partition coefficient (Wildman–Crippen LogP) is 4.36. The number of methoxy groups -OCH3 is 2. The summed E-state index contributed by atoms with van der Waals surface area (Å²) in [6, 6.07) is 13.5. The Hall–Kier alpha value is -4.29. The molecule has 3 rings (SSSR count). The van der Waals surface area contributed by atoms with Crippen molar-refractivity contribution in [2.75, 3.05) is 40.5 Å². The van der Waals surface area contributed by atoms with Crippen LogP contribution in [0.15, 0.2) is 64.8 Å². The van der Waals surface area contributed by atoms with Crippen molar-refractivity contribution >= 4 is 23.3 Å². The summed E-state index contributed by atoms with van der Waals surface area (Å²) < 4.78 is 21.7. The van der Waals surface area contributed by atoms with Crippen LogP contribution in [0.1, 0.15) is 51.0 Å². The normalized spacial score (nSPS) is 17.0. The Morgan fingerprint density at radius 3 is 2.43 bits per heavy atom. The number of rotatable bonds is 17. The van der Waals surface area contributed by atoms with Gasteiger partial charge < -0.3 is 29.4 Å². The van der Waals surface area contributed by atoms with Gasteiger partial charge in [0.25, 0.3) is 5.69 Å². The van der Waals surface area contributed by atoms with Gasteiger partial charge in [-0.1, -0.05) is 31.0 Å². The number of aliphatic imine (C=N–C) groups is 1. The lowest BCUT2D eigenvalue weighted by Gasteiger charge is -2.31. The summed E-state index contributed by atoms with van der Waals surface area (Å²) in [5.74, 6) is -2.24. The minimum atomic E-state index is -1.00. The monoisotopic (exact) mass is 611 g/mol. The molecule has 3 unspecified atom stereocenters. The molecular formula is C32H41N3O9. The molecule has 0 bridgehead atoms. The van der Waals surface area contributed by atoms with Gasteiger partial charge in [-0.2, -0.15) is 0 Å². The molecule has 0 saturated heterocycles. The van der Waals surface area contributed by atoms with Crippen LogP contribution in [-0.2, 0) is 19.1 Å². The molecule has 0 spiro atoms. The van der Waals surface area contributed by atoms with Gasteiger partial charge in [-0.3, -0.25) is 19.9 Å². The number of allylic oxidation sites excluding steroid dienone is 1. The molecule has 1 aliphatic heterocycles. The molecule has 3 atom stereocenters. The van der Waals surface area contributed by atoms with E-state index in [2.05, 4.69) is 10.3 Å². The molecule has 0 aliphatic carbocycles. The maximum Gasteiger partial charge on any atom is 0.336 e. The third-order valence-corrected chi connectivity index (χ3v) is 7.30. The molecule has 2 N–H and O–H groups in total. The van der Waals surface area contributed by atoms with E-state index in [4.69, 9.17) is 18.9 Å². The zero-order valence-electron chi connectivity index (χ0n) is 25.6. The number of ether oxygens (including phenoxy) is 4. The second kappa shape index (κ2) is 17.1. The van der Waals surface area contributed by atoms with Crippen molar-refractivity contribution < 1.29 is 38.6 Å². The first-order valence-electron chi connectivity index (χ1n) is 14.6. The Morgan fingerprint density at radius 1 is 1.02 bits per heavy atom. The van der Waals surface area contributed by atoms with E-state index in [0.717, 1.165) is 31.6 Å². The first-order valence-corrected chi connectivity index (χ1v) is 14.6. The number of carbonyl (C=O) groups excluding carboxylic acids is 2. The zero-order chi connectivity index (χ0) is 32.1. The van der Waals surface area contributed by atoms with Gasteiger partial charge in [0.2, 0.25) is 0 Å². The van der Waals surface area contributed by atoms with Gasteiger partial charge in [0.05, 0.1) is 31.3 Å². The van der Waals surface area contributed by atoms with Gasteiger partial charge in [-0.25, -0.2) is 4.79 Å². The summed E-state index contributed by atoms with van der Waals surface area (Å²) in [6.07, 6.45) is 2.81. The van der Waals surface area contributed by atoms with Gasteiger partial charge in [-0.05, 0) is 51.4 Å². The van der Waals surface area contributed by atoms with Crippen molar-refractivity contribution in [1.29, 1.82) is 0 Å². The number of nitrogens with one attached hydrogen (secondary N) is 1. The molecule has 2 aromatic carbocycles. The van der Waals surface area contributed by atoms with Crippen molar-refractivity contribution in [3.63, 3.8) is 0 Å². The molecule has 0 fully saturated rings. The number of hydrogen-bond donors (Lipinski definition) is 2. The summed E-state index contributed by atoms with van der Waals surface area (Å²) in [5.41, 5.74) is 0.976. The Kier molecular flexibility index (Phi) is 13.3. The van der Waals surface area contributed by atoms with Crippen LogP contribution in [0.2, 0.25) is 0 Å². The first kappa shape index (κ1) is 34.2. The van der Waals surface area contributed by atoms with E-state index in [1.54, 1.807) is 13.8 Å². The SMILES string of the molecule is COC(=O)C1=C(C)N=C(C)C(C(=O)OC)C1c1cc([N+](=O)[O-])ccc1OCCCCCCNCC(O)COc1ccccc1. The predicted molar refractivity (Wildman–Crippen MR) is 164 cm³/mol. The topological polar surface area (TPSA) is 159 Å². The van der Waals surface area contributed by atoms with E-state index in [1.807, 2.05) is 30.3 Å². The smallest absolute Gasteiger partial charge is 0.336 e. The Balaban J connectivity index is 1.58. The van der Waals surface area contributed by atoms with Gasteiger partial charge in [0, 0.05) is 41.6 Å². The highest BCUT2D eigenvalue weighted by Crippen LogP contribution is 2.44. The zero-order valence-corrected chi connectivity index (χ0v) is 25.6. The lowest BCUT2D eigenvalue weighted by atomic mass is 9.75. The van der Waals surface area contributed by atoms with Crippen molar-refractivity contribution in [1.82, 2.24) is 5.32 Å². The molecule has 1 aliphatic rings. The molecule has 44 heavy (non-hydrogen) atoms. The van der Waals surface area contributed by atoms with Crippen LogP contribution in [0.5, 0.6) is 11.5 Å². The Morgan fingerprint density at radius 2 is 1.75 bits per heavy atom. The van der Waals surface area contributed by atoms with Crippen LogP contribution in [0.25, 0.3) is 0 Å². The molecule has 0 radical (unpaired) electrons. The van der Waals surface area contributed by atoms with E-state index in [9.17, 15) is 24.8 Å². The Bertz CT molecular complexity index is 1340. The molecular weight excluding hydrogens is 570 g/mol.